The minimum absolute atomic E-state index is 0.299. The number of carbonyl (C=O) groups excluding carboxylic acids is 1. The van der Waals surface area contributed by atoms with Crippen LogP contribution in [0.5, 0.6) is 0 Å². The van der Waals surface area contributed by atoms with Crippen LogP contribution in [0.25, 0.3) is 0 Å². The van der Waals surface area contributed by atoms with Gasteiger partial charge in [-0.2, -0.15) is 0 Å². The van der Waals surface area contributed by atoms with E-state index in [4.69, 9.17) is 0 Å². The first-order valence-corrected chi connectivity index (χ1v) is 7.28. The van der Waals surface area contributed by atoms with E-state index in [1.807, 2.05) is 11.8 Å². The molecule has 0 bridgehead atoms. The first kappa shape index (κ1) is 14.1. The first-order valence-electron chi connectivity index (χ1n) is 7.28. The highest BCUT2D eigenvalue weighted by atomic mass is 16.2. The van der Waals surface area contributed by atoms with Crippen LogP contribution >= 0.6 is 0 Å². The molecule has 3 heteroatoms. The number of hydrogen-bond acceptors (Lipinski definition) is 1. The molecule has 0 spiro atoms. The molecule has 0 saturated carbocycles. The van der Waals surface area contributed by atoms with Crippen molar-refractivity contribution in [2.75, 3.05) is 33.2 Å². The fraction of sp³-hybridized carbons (Fsp3) is 0.562. The first-order chi connectivity index (χ1) is 9.13. The van der Waals surface area contributed by atoms with Gasteiger partial charge in [0.2, 0.25) is 5.91 Å². The molecule has 19 heavy (non-hydrogen) atoms. The van der Waals surface area contributed by atoms with Gasteiger partial charge < -0.3 is 9.38 Å². The molecule has 1 unspecified atom stereocenters. The number of rotatable bonds is 3. The van der Waals surface area contributed by atoms with Crippen molar-refractivity contribution in [3.63, 3.8) is 0 Å². The van der Waals surface area contributed by atoms with E-state index in [0.717, 1.165) is 43.6 Å². The molecule has 1 saturated heterocycles. The summed E-state index contributed by atoms with van der Waals surface area (Å²) in [7, 11) is 2.31. The second kappa shape index (κ2) is 6.20. The maximum atomic E-state index is 11.8. The molecule has 0 aromatic heterocycles. The molecule has 1 amide bonds. The zero-order chi connectivity index (χ0) is 13.7. The average molecular weight is 261 g/mol. The van der Waals surface area contributed by atoms with E-state index in [-0.39, 0.29) is 0 Å². The summed E-state index contributed by atoms with van der Waals surface area (Å²) in [5.41, 5.74) is 1.39. The molecule has 1 heterocycles. The maximum absolute atomic E-state index is 11.8. The van der Waals surface area contributed by atoms with E-state index in [9.17, 15) is 4.79 Å². The highest BCUT2D eigenvalue weighted by molar-refractivity contribution is 5.75. The highest BCUT2D eigenvalue weighted by Gasteiger charge is 2.27. The lowest BCUT2D eigenvalue weighted by Gasteiger charge is -2.33. The second-order valence-electron chi connectivity index (χ2n) is 5.80. The Hall–Kier alpha value is -1.35. The summed E-state index contributed by atoms with van der Waals surface area (Å²) in [6.45, 7) is 7.05. The number of benzene rings is 1. The molecule has 2 rings (SSSR count). The van der Waals surface area contributed by atoms with Crippen LogP contribution in [0.4, 0.5) is 0 Å². The Morgan fingerprint density at radius 1 is 1.21 bits per heavy atom. The van der Waals surface area contributed by atoms with Crippen LogP contribution in [-0.2, 0) is 11.3 Å². The van der Waals surface area contributed by atoms with Gasteiger partial charge in [0, 0.05) is 24.9 Å². The highest BCUT2D eigenvalue weighted by Crippen LogP contribution is 2.16. The van der Waals surface area contributed by atoms with Crippen molar-refractivity contribution in [3.8, 4) is 0 Å². The van der Waals surface area contributed by atoms with E-state index >= 15 is 0 Å². The van der Waals surface area contributed by atoms with Crippen LogP contribution in [0.15, 0.2) is 30.3 Å². The van der Waals surface area contributed by atoms with Gasteiger partial charge in [-0.05, 0) is 0 Å². The van der Waals surface area contributed by atoms with Crippen molar-refractivity contribution in [2.45, 2.75) is 26.3 Å². The van der Waals surface area contributed by atoms with E-state index in [1.165, 1.54) is 5.56 Å². The topological polar surface area (TPSA) is 20.3 Å². The van der Waals surface area contributed by atoms with Crippen LogP contribution in [0.3, 0.4) is 0 Å². The predicted octanol–water partition coefficient (Wildman–Crippen LogP) is 2.28. The van der Waals surface area contributed by atoms with Crippen molar-refractivity contribution in [3.05, 3.63) is 35.9 Å². The van der Waals surface area contributed by atoms with E-state index in [2.05, 4.69) is 37.4 Å². The number of quaternary nitrogens is 1. The lowest BCUT2D eigenvalue weighted by atomic mass is 10.2. The van der Waals surface area contributed by atoms with Crippen LogP contribution in [0, 0.1) is 0 Å². The van der Waals surface area contributed by atoms with Gasteiger partial charge in [-0.1, -0.05) is 37.3 Å². The summed E-state index contributed by atoms with van der Waals surface area (Å²) >= 11 is 0. The van der Waals surface area contributed by atoms with E-state index in [1.54, 1.807) is 0 Å². The molecule has 1 aliphatic rings. The van der Waals surface area contributed by atoms with Gasteiger partial charge in [-0.3, -0.25) is 4.79 Å². The normalized spacial score (nSPS) is 24.0. The van der Waals surface area contributed by atoms with Crippen molar-refractivity contribution < 1.29 is 9.28 Å². The van der Waals surface area contributed by atoms with Gasteiger partial charge in [-0.25, -0.2) is 0 Å². The van der Waals surface area contributed by atoms with Gasteiger partial charge in [0.15, 0.2) is 0 Å². The van der Waals surface area contributed by atoms with Crippen molar-refractivity contribution >= 4 is 5.91 Å². The summed E-state index contributed by atoms with van der Waals surface area (Å²) in [6.07, 6.45) is 1.73. The number of likely N-dealkylation sites (N-methyl/N-ethyl adjacent to an activating group) is 1. The van der Waals surface area contributed by atoms with E-state index in [0.29, 0.717) is 12.3 Å². The SMILES string of the molecule is CCC(=O)N1CCC[N+](C)(Cc2ccccc2)CC1. The van der Waals surface area contributed by atoms with Gasteiger partial charge in [0.25, 0.3) is 0 Å². The smallest absolute Gasteiger partial charge is 0.222 e. The molecule has 1 aliphatic heterocycles. The fourth-order valence-electron chi connectivity index (χ4n) is 2.88. The van der Waals surface area contributed by atoms with Crippen molar-refractivity contribution in [2.24, 2.45) is 0 Å². The molecule has 1 aromatic carbocycles. The van der Waals surface area contributed by atoms with Crippen LogP contribution in [-0.4, -0.2) is 48.5 Å². The number of hydrogen-bond donors (Lipinski definition) is 0. The zero-order valence-corrected chi connectivity index (χ0v) is 12.1. The minimum atomic E-state index is 0.299. The van der Waals surface area contributed by atoms with Crippen LogP contribution < -0.4 is 0 Å². The van der Waals surface area contributed by atoms with E-state index < -0.39 is 0 Å². The minimum Gasteiger partial charge on any atom is -0.337 e. The summed E-state index contributed by atoms with van der Waals surface area (Å²) in [5.74, 6) is 0.299. The maximum Gasteiger partial charge on any atom is 0.222 e. The Kier molecular flexibility index (Phi) is 4.59. The Morgan fingerprint density at radius 3 is 2.63 bits per heavy atom. The number of amides is 1. The summed E-state index contributed by atoms with van der Waals surface area (Å²) in [6, 6.07) is 10.7. The molecule has 0 N–H and O–H groups in total. The van der Waals surface area contributed by atoms with Crippen LogP contribution in [0.1, 0.15) is 25.3 Å². The molecule has 1 aromatic rings. The monoisotopic (exact) mass is 261 g/mol. The summed E-state index contributed by atoms with van der Waals surface area (Å²) in [5, 5.41) is 0. The summed E-state index contributed by atoms with van der Waals surface area (Å²) in [4.78, 5) is 13.8. The standard InChI is InChI=1S/C16H25N2O/c1-3-16(19)17-10-7-12-18(2,13-11-17)14-15-8-5-4-6-9-15/h4-6,8-9H,3,7,10-14H2,1-2H3/q+1. The molecule has 1 atom stereocenters. The van der Waals surface area contributed by atoms with Gasteiger partial charge >= 0.3 is 0 Å². The number of carbonyl (C=O) groups is 1. The molecular formula is C16H25N2O+. The molecule has 1 fully saturated rings. The third-order valence-corrected chi connectivity index (χ3v) is 4.10. The third-order valence-electron chi connectivity index (χ3n) is 4.10. The summed E-state index contributed by atoms with van der Waals surface area (Å²) < 4.78 is 1.04. The Labute approximate surface area is 116 Å². The quantitative estimate of drug-likeness (QED) is 0.764. The van der Waals surface area contributed by atoms with Gasteiger partial charge in [-0.15, -0.1) is 0 Å². The molecule has 0 radical (unpaired) electrons. The van der Waals surface area contributed by atoms with Crippen LogP contribution in [0.2, 0.25) is 0 Å². The zero-order valence-electron chi connectivity index (χ0n) is 12.1. The van der Waals surface area contributed by atoms with Gasteiger partial charge in [0.05, 0.1) is 26.7 Å². The predicted molar refractivity (Wildman–Crippen MR) is 77.6 cm³/mol. The fourth-order valence-corrected chi connectivity index (χ4v) is 2.88. The Morgan fingerprint density at radius 2 is 1.95 bits per heavy atom. The Balaban J connectivity index is 1.99. The van der Waals surface area contributed by atoms with Crippen molar-refractivity contribution in [1.29, 1.82) is 0 Å². The average Bonchev–Trinajstić information content (AvgIpc) is 2.61. The Bertz CT molecular complexity index is 418. The molecule has 0 aliphatic carbocycles. The molecule has 104 valence electrons. The largest absolute Gasteiger partial charge is 0.337 e. The molecule has 3 nitrogen and oxygen atoms in total. The molecular weight excluding hydrogens is 236 g/mol. The lowest BCUT2D eigenvalue weighted by Crippen LogP contribution is -2.46. The van der Waals surface area contributed by atoms with Crippen molar-refractivity contribution in [1.82, 2.24) is 4.90 Å². The second-order valence-corrected chi connectivity index (χ2v) is 5.80. The number of nitrogens with zero attached hydrogens (tertiary/aromatic N) is 2. The third kappa shape index (κ3) is 3.80. The van der Waals surface area contributed by atoms with Gasteiger partial charge in [0.1, 0.15) is 6.54 Å². The lowest BCUT2D eigenvalue weighted by molar-refractivity contribution is -0.920.